The monoisotopic (exact) mass is 233 g/mol. The molecule has 0 aliphatic carbocycles. The molecule has 0 aromatic carbocycles. The molecule has 0 unspecified atom stereocenters. The molecule has 0 aliphatic heterocycles. The van der Waals surface area contributed by atoms with Gasteiger partial charge in [-0.15, -0.1) is 6.58 Å². The minimum Gasteiger partial charge on any atom is -0.264 e. The average Bonchev–Trinajstić information content (AvgIpc) is 2.44. The van der Waals surface area contributed by atoms with E-state index in [-0.39, 0.29) is 0 Å². The van der Waals surface area contributed by atoms with Crippen LogP contribution in [0.4, 0.5) is 0 Å². The maximum absolute atomic E-state index is 3.95. The van der Waals surface area contributed by atoms with Crippen LogP contribution in [0.25, 0.3) is 12.2 Å². The van der Waals surface area contributed by atoms with Crippen LogP contribution in [0.3, 0.4) is 0 Å². The van der Waals surface area contributed by atoms with Crippen LogP contribution in [0.15, 0.2) is 44.3 Å². The predicted molar refractivity (Wildman–Crippen MR) is 83.0 cm³/mol. The summed E-state index contributed by atoms with van der Waals surface area (Å²) in [6.07, 6.45) is 8.82. The zero-order chi connectivity index (χ0) is 14.1. The van der Waals surface area contributed by atoms with Crippen molar-refractivity contribution in [1.82, 2.24) is 4.98 Å². The molecule has 0 bridgehead atoms. The minimum atomic E-state index is 1.03. The summed E-state index contributed by atoms with van der Waals surface area (Å²) in [7, 11) is 0. The molecule has 1 aromatic heterocycles. The molecule has 1 heterocycles. The van der Waals surface area contributed by atoms with Gasteiger partial charge < -0.3 is 0 Å². The van der Waals surface area contributed by atoms with E-state index in [2.05, 4.69) is 24.7 Å². The first-order valence-electron chi connectivity index (χ1n) is 6.06. The predicted octanol–water partition coefficient (Wildman–Crippen LogP) is 5.61. The molecule has 0 N–H and O–H groups in total. The zero-order valence-corrected chi connectivity index (χ0v) is 12.0. The Balaban J connectivity index is -0.000000239. The first-order valence-corrected chi connectivity index (χ1v) is 6.06. The van der Waals surface area contributed by atoms with Gasteiger partial charge in [0.1, 0.15) is 0 Å². The lowest BCUT2D eigenvalue weighted by atomic mass is 10.1. The van der Waals surface area contributed by atoms with Gasteiger partial charge in [0, 0.05) is 12.4 Å². The first kappa shape index (κ1) is 20.7. The standard InChI is InChI=1S/C9H9N.C3H6.2C2H6/c1-3-8-5-6-10-7-9(8)4-2;1-3-2;2*1-2/h3-7H,1-2H2;3H,1H2,2H3;2*1-2H3. The van der Waals surface area contributed by atoms with E-state index in [9.17, 15) is 0 Å². The van der Waals surface area contributed by atoms with E-state index >= 15 is 0 Å². The Morgan fingerprint density at radius 1 is 0.941 bits per heavy atom. The van der Waals surface area contributed by atoms with Crippen molar-refractivity contribution >= 4 is 12.2 Å². The second-order valence-electron chi connectivity index (χ2n) is 2.32. The van der Waals surface area contributed by atoms with Crippen LogP contribution < -0.4 is 0 Å². The quantitative estimate of drug-likeness (QED) is 0.605. The smallest absolute Gasteiger partial charge is 0.0346 e. The zero-order valence-electron chi connectivity index (χ0n) is 12.0. The van der Waals surface area contributed by atoms with Gasteiger partial charge >= 0.3 is 0 Å². The molecule has 96 valence electrons. The Morgan fingerprint density at radius 2 is 1.35 bits per heavy atom. The van der Waals surface area contributed by atoms with Crippen LogP contribution in [0.5, 0.6) is 0 Å². The lowest BCUT2D eigenvalue weighted by Crippen LogP contribution is -1.79. The van der Waals surface area contributed by atoms with Crippen molar-refractivity contribution in [2.45, 2.75) is 34.6 Å². The van der Waals surface area contributed by atoms with Gasteiger partial charge in [0.05, 0.1) is 0 Å². The molecular weight excluding hydrogens is 206 g/mol. The minimum absolute atomic E-state index is 1.03. The molecule has 0 amide bonds. The first-order chi connectivity index (χ1) is 8.29. The highest BCUT2D eigenvalue weighted by molar-refractivity contribution is 5.62. The Labute approximate surface area is 108 Å². The number of aromatic nitrogens is 1. The maximum atomic E-state index is 3.95. The van der Waals surface area contributed by atoms with Crippen LogP contribution >= 0.6 is 0 Å². The van der Waals surface area contributed by atoms with Crippen molar-refractivity contribution in [1.29, 1.82) is 0 Å². The second-order valence-corrected chi connectivity index (χ2v) is 2.32. The van der Waals surface area contributed by atoms with Crippen LogP contribution in [0, 0.1) is 0 Å². The van der Waals surface area contributed by atoms with E-state index in [0.717, 1.165) is 11.1 Å². The molecule has 1 heteroatoms. The molecular formula is C16H27N. The fourth-order valence-corrected chi connectivity index (χ4v) is 0.774. The molecule has 0 aliphatic rings. The summed E-state index contributed by atoms with van der Waals surface area (Å²) >= 11 is 0. The molecule has 1 rings (SSSR count). The molecule has 1 nitrogen and oxygen atoms in total. The highest BCUT2D eigenvalue weighted by atomic mass is 14.6. The van der Waals surface area contributed by atoms with Gasteiger partial charge in [0.15, 0.2) is 0 Å². The fraction of sp³-hybridized carbons (Fsp3) is 0.312. The van der Waals surface area contributed by atoms with E-state index in [0.29, 0.717) is 0 Å². The normalized spacial score (nSPS) is 6.65. The van der Waals surface area contributed by atoms with E-state index in [1.54, 1.807) is 30.6 Å². The Hall–Kier alpha value is -1.63. The van der Waals surface area contributed by atoms with Crippen molar-refractivity contribution in [3.63, 3.8) is 0 Å². The molecule has 0 spiro atoms. The molecule has 0 saturated heterocycles. The number of pyridine rings is 1. The number of hydrogen-bond acceptors (Lipinski definition) is 1. The third-order valence-corrected chi connectivity index (χ3v) is 1.33. The summed E-state index contributed by atoms with van der Waals surface area (Å²) in [6, 6.07) is 1.91. The SMILES string of the molecule is C=CC.C=Cc1ccncc1C=C.CC.CC. The largest absolute Gasteiger partial charge is 0.264 e. The van der Waals surface area contributed by atoms with Crippen LogP contribution in [-0.4, -0.2) is 4.98 Å². The lowest BCUT2D eigenvalue weighted by Gasteiger charge is -1.95. The van der Waals surface area contributed by atoms with E-state index in [1.807, 2.05) is 40.7 Å². The van der Waals surface area contributed by atoms with Gasteiger partial charge in [-0.25, -0.2) is 0 Å². The average molecular weight is 233 g/mol. The fourth-order valence-electron chi connectivity index (χ4n) is 0.774. The summed E-state index contributed by atoms with van der Waals surface area (Å²) in [5.41, 5.74) is 2.10. The summed E-state index contributed by atoms with van der Waals surface area (Å²) < 4.78 is 0. The van der Waals surface area contributed by atoms with E-state index in [1.165, 1.54) is 0 Å². The highest BCUT2D eigenvalue weighted by Crippen LogP contribution is 2.08. The lowest BCUT2D eigenvalue weighted by molar-refractivity contribution is 1.31. The number of hydrogen-bond donors (Lipinski definition) is 0. The number of nitrogens with zero attached hydrogens (tertiary/aromatic N) is 1. The molecule has 17 heavy (non-hydrogen) atoms. The summed E-state index contributed by atoms with van der Waals surface area (Å²) in [5.74, 6) is 0. The van der Waals surface area contributed by atoms with Gasteiger partial charge in [-0.2, -0.15) is 0 Å². The van der Waals surface area contributed by atoms with Crippen molar-refractivity contribution < 1.29 is 0 Å². The summed E-state index contributed by atoms with van der Waals surface area (Å²) in [6.45, 7) is 20.6. The maximum Gasteiger partial charge on any atom is 0.0346 e. The third kappa shape index (κ3) is 12.3. The molecule has 0 atom stereocenters. The Bertz CT molecular complexity index is 260. The van der Waals surface area contributed by atoms with Crippen molar-refractivity contribution in [2.75, 3.05) is 0 Å². The topological polar surface area (TPSA) is 12.9 Å². The molecule has 1 aromatic rings. The van der Waals surface area contributed by atoms with Gasteiger partial charge in [-0.05, 0) is 24.1 Å². The van der Waals surface area contributed by atoms with Crippen molar-refractivity contribution in [3.8, 4) is 0 Å². The second kappa shape index (κ2) is 19.9. The van der Waals surface area contributed by atoms with E-state index in [4.69, 9.17) is 0 Å². The van der Waals surface area contributed by atoms with Crippen molar-refractivity contribution in [2.24, 2.45) is 0 Å². The third-order valence-electron chi connectivity index (χ3n) is 1.33. The number of rotatable bonds is 2. The van der Waals surface area contributed by atoms with Crippen molar-refractivity contribution in [3.05, 3.63) is 55.4 Å². The summed E-state index contributed by atoms with van der Waals surface area (Å²) in [5, 5.41) is 0. The van der Waals surface area contributed by atoms with Crippen LogP contribution in [0.1, 0.15) is 45.7 Å². The Morgan fingerprint density at radius 3 is 1.65 bits per heavy atom. The Kier molecular flexibility index (Phi) is 24.2. The van der Waals surface area contributed by atoms with Gasteiger partial charge in [-0.1, -0.05) is 59.1 Å². The van der Waals surface area contributed by atoms with Gasteiger partial charge in [0.2, 0.25) is 0 Å². The van der Waals surface area contributed by atoms with Gasteiger partial charge in [-0.3, -0.25) is 4.98 Å². The highest BCUT2D eigenvalue weighted by Gasteiger charge is 1.90. The summed E-state index contributed by atoms with van der Waals surface area (Å²) in [4.78, 5) is 3.95. The van der Waals surface area contributed by atoms with E-state index < -0.39 is 0 Å². The molecule has 0 fully saturated rings. The number of allylic oxidation sites excluding steroid dienone is 1. The molecule has 0 saturated carbocycles. The molecule has 0 radical (unpaired) electrons. The van der Waals surface area contributed by atoms with Crippen LogP contribution in [0.2, 0.25) is 0 Å². The van der Waals surface area contributed by atoms with Gasteiger partial charge in [0.25, 0.3) is 0 Å². The van der Waals surface area contributed by atoms with Crippen LogP contribution in [-0.2, 0) is 0 Å².